The number of fused-ring (bicyclic) bond motifs is 4. The Morgan fingerprint density at radius 3 is 2.76 bits per heavy atom. The number of aromatic nitrogens is 1. The van der Waals surface area contributed by atoms with Crippen LogP contribution in [0.15, 0.2) is 42.5 Å². The minimum Gasteiger partial charge on any atom is -0.497 e. The molecular weight excluding hydrogens is 258 g/mol. The molecule has 0 bridgehead atoms. The Morgan fingerprint density at radius 1 is 1.05 bits per heavy atom. The molecule has 0 radical (unpaired) electrons. The van der Waals surface area contributed by atoms with Gasteiger partial charge in [-0.25, -0.2) is 4.98 Å². The third kappa shape index (κ3) is 1.83. The number of ether oxygens (including phenoxy) is 1. The average molecular weight is 275 g/mol. The maximum atomic E-state index is 5.39. The van der Waals surface area contributed by atoms with Crippen LogP contribution < -0.4 is 4.74 Å². The maximum Gasteiger partial charge on any atom is 0.119 e. The zero-order valence-electron chi connectivity index (χ0n) is 12.3. The fourth-order valence-corrected chi connectivity index (χ4v) is 3.33. The lowest BCUT2D eigenvalue weighted by Gasteiger charge is -2.22. The van der Waals surface area contributed by atoms with Gasteiger partial charge in [-0.3, -0.25) is 0 Å². The third-order valence-corrected chi connectivity index (χ3v) is 4.50. The highest BCUT2D eigenvalue weighted by atomic mass is 16.5. The molecule has 0 saturated carbocycles. The maximum absolute atomic E-state index is 5.39. The van der Waals surface area contributed by atoms with Gasteiger partial charge in [0.25, 0.3) is 0 Å². The Bertz CT molecular complexity index is 852. The van der Waals surface area contributed by atoms with Crippen LogP contribution in [-0.2, 0) is 12.8 Å². The lowest BCUT2D eigenvalue weighted by molar-refractivity contribution is 0.415. The molecule has 4 rings (SSSR count). The van der Waals surface area contributed by atoms with Gasteiger partial charge in [-0.1, -0.05) is 24.3 Å². The van der Waals surface area contributed by atoms with Gasteiger partial charge in [0.2, 0.25) is 0 Å². The highest BCUT2D eigenvalue weighted by molar-refractivity contribution is 5.88. The van der Waals surface area contributed by atoms with E-state index >= 15 is 0 Å². The van der Waals surface area contributed by atoms with Crippen LogP contribution in [0.1, 0.15) is 16.7 Å². The topological polar surface area (TPSA) is 22.1 Å². The van der Waals surface area contributed by atoms with Gasteiger partial charge in [0, 0.05) is 10.9 Å². The zero-order valence-corrected chi connectivity index (χ0v) is 12.3. The zero-order chi connectivity index (χ0) is 14.4. The lowest BCUT2D eigenvalue weighted by Crippen LogP contribution is -2.08. The largest absolute Gasteiger partial charge is 0.497 e. The molecule has 2 heteroatoms. The molecule has 0 N–H and O–H groups in total. The predicted octanol–water partition coefficient (Wildman–Crippen LogP) is 4.32. The number of rotatable bonds is 1. The second-order valence-corrected chi connectivity index (χ2v) is 5.60. The first-order valence-electron chi connectivity index (χ1n) is 7.33. The van der Waals surface area contributed by atoms with Gasteiger partial charge in [0.05, 0.1) is 18.3 Å². The first-order chi connectivity index (χ1) is 10.3. The monoisotopic (exact) mass is 275 g/mol. The molecule has 0 aliphatic heterocycles. The van der Waals surface area contributed by atoms with E-state index < -0.39 is 0 Å². The molecule has 0 fully saturated rings. The van der Waals surface area contributed by atoms with E-state index in [1.165, 1.54) is 27.6 Å². The normalized spacial score (nSPS) is 12.9. The van der Waals surface area contributed by atoms with Crippen molar-refractivity contribution < 1.29 is 4.74 Å². The minimum absolute atomic E-state index is 0.897. The molecule has 0 unspecified atom stereocenters. The standard InChI is InChI=1S/C19H17NO/c1-12-15-5-3-4-6-18(15)20-19-16(12)10-8-13-7-9-14(21-2)11-17(13)19/h3-7,9,11H,8,10H2,1-2H3. The van der Waals surface area contributed by atoms with Gasteiger partial charge in [0.1, 0.15) is 5.75 Å². The van der Waals surface area contributed by atoms with Crippen LogP contribution in [0.4, 0.5) is 0 Å². The van der Waals surface area contributed by atoms with Gasteiger partial charge in [-0.15, -0.1) is 0 Å². The quantitative estimate of drug-likeness (QED) is 0.660. The van der Waals surface area contributed by atoms with E-state index in [0.29, 0.717) is 0 Å². The average Bonchev–Trinajstić information content (AvgIpc) is 2.54. The van der Waals surface area contributed by atoms with Gasteiger partial charge >= 0.3 is 0 Å². The first kappa shape index (κ1) is 12.4. The fraction of sp³-hybridized carbons (Fsp3) is 0.211. The Morgan fingerprint density at radius 2 is 1.90 bits per heavy atom. The molecule has 21 heavy (non-hydrogen) atoms. The predicted molar refractivity (Wildman–Crippen MR) is 85.9 cm³/mol. The summed E-state index contributed by atoms with van der Waals surface area (Å²) in [5.41, 5.74) is 7.55. The first-order valence-corrected chi connectivity index (χ1v) is 7.33. The molecule has 0 atom stereocenters. The van der Waals surface area contributed by atoms with Crippen molar-refractivity contribution in [1.29, 1.82) is 0 Å². The lowest BCUT2D eigenvalue weighted by atomic mass is 9.85. The van der Waals surface area contributed by atoms with Crippen LogP contribution >= 0.6 is 0 Å². The van der Waals surface area contributed by atoms with E-state index in [1.807, 2.05) is 6.07 Å². The van der Waals surface area contributed by atoms with Gasteiger partial charge < -0.3 is 4.74 Å². The molecule has 1 aliphatic carbocycles. The van der Waals surface area contributed by atoms with Crippen molar-refractivity contribution in [2.24, 2.45) is 0 Å². The van der Waals surface area contributed by atoms with Crippen LogP contribution in [-0.4, -0.2) is 12.1 Å². The molecule has 3 aromatic rings. The minimum atomic E-state index is 0.897. The summed E-state index contributed by atoms with van der Waals surface area (Å²) in [6.45, 7) is 2.22. The van der Waals surface area contributed by atoms with Gasteiger partial charge in [0.15, 0.2) is 0 Å². The number of para-hydroxylation sites is 1. The molecule has 104 valence electrons. The Balaban J connectivity index is 2.05. The molecule has 0 spiro atoms. The number of aryl methyl sites for hydroxylation is 2. The number of pyridine rings is 1. The second-order valence-electron chi connectivity index (χ2n) is 5.60. The second kappa shape index (κ2) is 4.59. The highest BCUT2D eigenvalue weighted by Gasteiger charge is 2.21. The summed E-state index contributed by atoms with van der Waals surface area (Å²) in [5.74, 6) is 0.897. The number of methoxy groups -OCH3 is 1. The Hall–Kier alpha value is -2.35. The highest BCUT2D eigenvalue weighted by Crippen LogP contribution is 2.38. The number of hydrogen-bond donors (Lipinski definition) is 0. The van der Waals surface area contributed by atoms with Crippen molar-refractivity contribution in [3.05, 3.63) is 59.2 Å². The third-order valence-electron chi connectivity index (χ3n) is 4.50. The molecule has 2 aromatic carbocycles. The molecule has 1 heterocycles. The number of benzene rings is 2. The molecule has 1 aromatic heterocycles. The number of hydrogen-bond acceptors (Lipinski definition) is 2. The summed E-state index contributed by atoms with van der Waals surface area (Å²) < 4.78 is 5.39. The summed E-state index contributed by atoms with van der Waals surface area (Å²) in [6.07, 6.45) is 2.14. The van der Waals surface area contributed by atoms with E-state index in [1.54, 1.807) is 7.11 Å². The van der Waals surface area contributed by atoms with Gasteiger partial charge in [-0.2, -0.15) is 0 Å². The van der Waals surface area contributed by atoms with E-state index in [2.05, 4.69) is 43.3 Å². The van der Waals surface area contributed by atoms with Gasteiger partial charge in [-0.05, 0) is 54.7 Å². The van der Waals surface area contributed by atoms with E-state index in [9.17, 15) is 0 Å². The summed E-state index contributed by atoms with van der Waals surface area (Å²) >= 11 is 0. The summed E-state index contributed by atoms with van der Waals surface area (Å²) in [5, 5.41) is 1.27. The summed E-state index contributed by atoms with van der Waals surface area (Å²) in [6, 6.07) is 14.7. The molecule has 0 amide bonds. The van der Waals surface area contributed by atoms with Crippen molar-refractivity contribution in [3.63, 3.8) is 0 Å². The van der Waals surface area contributed by atoms with Crippen molar-refractivity contribution in [2.75, 3.05) is 7.11 Å². The Kier molecular flexibility index (Phi) is 2.71. The van der Waals surface area contributed by atoms with Crippen LogP contribution in [0, 0.1) is 6.92 Å². The molecule has 1 aliphatic rings. The van der Waals surface area contributed by atoms with E-state index in [4.69, 9.17) is 9.72 Å². The van der Waals surface area contributed by atoms with Crippen molar-refractivity contribution in [3.8, 4) is 17.0 Å². The van der Waals surface area contributed by atoms with E-state index in [0.717, 1.165) is 29.8 Å². The van der Waals surface area contributed by atoms with Crippen molar-refractivity contribution in [2.45, 2.75) is 19.8 Å². The molecular formula is C19H17NO. The number of nitrogens with zero attached hydrogens (tertiary/aromatic N) is 1. The van der Waals surface area contributed by atoms with Crippen LogP contribution in [0.5, 0.6) is 5.75 Å². The van der Waals surface area contributed by atoms with Crippen molar-refractivity contribution in [1.82, 2.24) is 4.98 Å². The summed E-state index contributed by atoms with van der Waals surface area (Å²) in [7, 11) is 1.71. The molecule has 0 saturated heterocycles. The van der Waals surface area contributed by atoms with Crippen LogP contribution in [0.25, 0.3) is 22.2 Å². The molecule has 2 nitrogen and oxygen atoms in total. The van der Waals surface area contributed by atoms with Crippen LogP contribution in [0.2, 0.25) is 0 Å². The van der Waals surface area contributed by atoms with E-state index in [-0.39, 0.29) is 0 Å². The van der Waals surface area contributed by atoms with Crippen molar-refractivity contribution >= 4 is 10.9 Å². The van der Waals surface area contributed by atoms with Crippen LogP contribution in [0.3, 0.4) is 0 Å². The SMILES string of the molecule is COc1ccc2c(c1)-c1nc3ccccc3c(C)c1CC2. The Labute approximate surface area is 124 Å². The fourth-order valence-electron chi connectivity index (χ4n) is 3.33. The smallest absolute Gasteiger partial charge is 0.119 e. The summed E-state index contributed by atoms with van der Waals surface area (Å²) in [4.78, 5) is 4.94.